The van der Waals surface area contributed by atoms with Crippen LogP contribution in [-0.4, -0.2) is 54.8 Å². The van der Waals surface area contributed by atoms with Crippen molar-refractivity contribution in [2.45, 2.75) is 23.2 Å². The van der Waals surface area contributed by atoms with Gasteiger partial charge < -0.3 is 11.1 Å². The van der Waals surface area contributed by atoms with Crippen molar-refractivity contribution in [2.75, 3.05) is 25.0 Å². The first-order chi connectivity index (χ1) is 15.7. The minimum Gasteiger partial charge on any atom is -0.370 e. The maximum Gasteiger partial charge on any atom is 0.287 e. The second-order valence-corrected chi connectivity index (χ2v) is 10.1. The van der Waals surface area contributed by atoms with Crippen molar-refractivity contribution < 1.29 is 18.1 Å². The molecule has 11 nitrogen and oxygen atoms in total. The van der Waals surface area contributed by atoms with Crippen LogP contribution >= 0.6 is 11.3 Å². The van der Waals surface area contributed by atoms with Crippen LogP contribution in [0.3, 0.4) is 0 Å². The largest absolute Gasteiger partial charge is 0.370 e. The molecule has 2 aromatic rings. The van der Waals surface area contributed by atoms with E-state index in [1.54, 1.807) is 18.2 Å². The van der Waals surface area contributed by atoms with E-state index in [0.717, 1.165) is 22.4 Å². The van der Waals surface area contributed by atoms with Crippen molar-refractivity contribution in [3.63, 3.8) is 0 Å². The number of nitrogens with one attached hydrogen (secondary N) is 2. The van der Waals surface area contributed by atoms with Gasteiger partial charge in [-0.2, -0.15) is 4.72 Å². The summed E-state index contributed by atoms with van der Waals surface area (Å²) < 4.78 is 28.0. The molecule has 2 heterocycles. The summed E-state index contributed by atoms with van der Waals surface area (Å²) in [6, 6.07) is 4.75. The van der Waals surface area contributed by atoms with Crippen molar-refractivity contribution in [1.82, 2.24) is 14.6 Å². The molecule has 0 bridgehead atoms. The number of carbonyl (C=O) groups is 1. The summed E-state index contributed by atoms with van der Waals surface area (Å²) in [5, 5.41) is 13.5. The molecule has 13 heteroatoms. The van der Waals surface area contributed by atoms with Gasteiger partial charge in [-0.15, -0.1) is 24.5 Å². The maximum absolute atomic E-state index is 12.8. The molecule has 0 radical (unpaired) electrons. The molecule has 2 aromatic heterocycles. The van der Waals surface area contributed by atoms with Gasteiger partial charge in [0.1, 0.15) is 22.3 Å². The van der Waals surface area contributed by atoms with Crippen molar-refractivity contribution in [3.8, 4) is 0 Å². The first kappa shape index (κ1) is 26.1. The highest BCUT2D eigenvalue weighted by Crippen LogP contribution is 2.23. The Hall–Kier alpha value is -3.13. The zero-order valence-corrected chi connectivity index (χ0v) is 19.5. The number of sulfonamides is 1. The highest BCUT2D eigenvalue weighted by Gasteiger charge is 2.25. The Bertz CT molecular complexity index is 1070. The Labute approximate surface area is 196 Å². The van der Waals surface area contributed by atoms with Gasteiger partial charge >= 0.3 is 0 Å². The van der Waals surface area contributed by atoms with Gasteiger partial charge in [0.25, 0.3) is 15.7 Å². The number of pyridine rings is 1. The summed E-state index contributed by atoms with van der Waals surface area (Å²) in [7, 11) is -3.96. The maximum atomic E-state index is 12.8. The number of hydrogen-bond acceptors (Lipinski definition) is 9. The molecule has 4 N–H and O–H groups in total. The number of aromatic nitrogens is 1. The van der Waals surface area contributed by atoms with E-state index >= 15 is 0 Å². The van der Waals surface area contributed by atoms with E-state index in [0.29, 0.717) is 25.5 Å². The second kappa shape index (κ2) is 12.2. The van der Waals surface area contributed by atoms with E-state index in [-0.39, 0.29) is 22.9 Å². The van der Waals surface area contributed by atoms with Crippen molar-refractivity contribution in [1.29, 1.82) is 0 Å². The van der Waals surface area contributed by atoms with Crippen LogP contribution in [0.1, 0.15) is 11.3 Å². The lowest BCUT2D eigenvalue weighted by Crippen LogP contribution is -2.45. The molecule has 0 spiro atoms. The Morgan fingerprint density at radius 3 is 2.52 bits per heavy atom. The predicted molar refractivity (Wildman–Crippen MR) is 127 cm³/mol. The number of primary amides is 1. The van der Waals surface area contributed by atoms with Gasteiger partial charge in [0.15, 0.2) is 0 Å². The number of rotatable bonds is 15. The van der Waals surface area contributed by atoms with E-state index < -0.39 is 26.9 Å². The van der Waals surface area contributed by atoms with Crippen LogP contribution in [0.15, 0.2) is 60.0 Å². The van der Waals surface area contributed by atoms with Crippen LogP contribution in [0.25, 0.3) is 0 Å². The number of hydrogen-bond donors (Lipinski definition) is 3. The van der Waals surface area contributed by atoms with Crippen LogP contribution in [0, 0.1) is 10.1 Å². The fourth-order valence-electron chi connectivity index (χ4n) is 2.82. The average Bonchev–Trinajstić information content (AvgIpc) is 3.23. The topological polar surface area (TPSA) is 161 Å². The number of nitro groups is 1. The molecule has 0 aliphatic rings. The van der Waals surface area contributed by atoms with E-state index in [1.165, 1.54) is 18.2 Å². The lowest BCUT2D eigenvalue weighted by atomic mass is 10.2. The molecule has 33 heavy (non-hydrogen) atoms. The quantitative estimate of drug-likeness (QED) is 0.192. The number of amides is 1. The zero-order chi connectivity index (χ0) is 24.4. The Morgan fingerprint density at radius 1 is 1.27 bits per heavy atom. The fourth-order valence-corrected chi connectivity index (χ4v) is 5.48. The molecule has 0 aliphatic carbocycles. The van der Waals surface area contributed by atoms with E-state index in [4.69, 9.17) is 5.73 Å². The predicted octanol–water partition coefficient (Wildman–Crippen LogP) is 1.86. The molecule has 2 rings (SSSR count). The molecule has 1 atom stereocenters. The summed E-state index contributed by atoms with van der Waals surface area (Å²) >= 11 is 1.10. The second-order valence-electron chi connectivity index (χ2n) is 6.94. The molecule has 0 saturated heterocycles. The SMILES string of the molecule is C=CCN(CC=C)Cc1ccc(S(=O)(=O)NC(CCNc2ccc([N+](=O)[O-])cn2)C(N)=O)s1. The van der Waals surface area contributed by atoms with Crippen LogP contribution in [0.4, 0.5) is 11.5 Å². The number of anilines is 1. The molecular weight excluding hydrogens is 468 g/mol. The molecular formula is C20H26N6O5S2. The molecule has 0 fully saturated rings. The lowest BCUT2D eigenvalue weighted by Gasteiger charge is -2.17. The van der Waals surface area contributed by atoms with Crippen molar-refractivity contribution in [2.24, 2.45) is 5.73 Å². The highest BCUT2D eigenvalue weighted by molar-refractivity contribution is 7.91. The lowest BCUT2D eigenvalue weighted by molar-refractivity contribution is -0.385. The fraction of sp³-hybridized carbons (Fsp3) is 0.300. The van der Waals surface area contributed by atoms with Crippen LogP contribution in [0.5, 0.6) is 0 Å². The smallest absolute Gasteiger partial charge is 0.287 e. The summed E-state index contributed by atoms with van der Waals surface area (Å²) in [5.74, 6) is -0.477. The van der Waals surface area contributed by atoms with Gasteiger partial charge in [0, 0.05) is 37.1 Å². The monoisotopic (exact) mass is 494 g/mol. The van der Waals surface area contributed by atoms with Crippen molar-refractivity contribution in [3.05, 3.63) is 70.8 Å². The normalized spacial score (nSPS) is 12.3. The minimum absolute atomic E-state index is 0.0535. The number of nitrogens with zero attached hydrogens (tertiary/aromatic N) is 3. The van der Waals surface area contributed by atoms with Gasteiger partial charge in [-0.1, -0.05) is 12.2 Å². The Kier molecular flexibility index (Phi) is 9.66. The van der Waals surface area contributed by atoms with Crippen LogP contribution in [-0.2, 0) is 21.4 Å². The molecule has 0 aliphatic heterocycles. The average molecular weight is 495 g/mol. The minimum atomic E-state index is -3.96. The third kappa shape index (κ3) is 8.05. The zero-order valence-electron chi connectivity index (χ0n) is 17.8. The summed E-state index contributed by atoms with van der Waals surface area (Å²) in [4.78, 5) is 28.7. The Morgan fingerprint density at radius 2 is 1.97 bits per heavy atom. The van der Waals surface area contributed by atoms with E-state index in [1.807, 2.05) is 4.90 Å². The van der Waals surface area contributed by atoms with Gasteiger partial charge in [0.2, 0.25) is 5.91 Å². The summed E-state index contributed by atoms with van der Waals surface area (Å²) in [6.07, 6.45) is 4.66. The number of carbonyl (C=O) groups excluding carboxylic acids is 1. The van der Waals surface area contributed by atoms with Crippen molar-refractivity contribution >= 4 is 38.8 Å². The van der Waals surface area contributed by atoms with Gasteiger partial charge in [0.05, 0.1) is 4.92 Å². The first-order valence-corrected chi connectivity index (χ1v) is 12.1. The summed E-state index contributed by atoms with van der Waals surface area (Å²) in [6.45, 7) is 9.38. The van der Waals surface area contributed by atoms with E-state index in [2.05, 4.69) is 28.2 Å². The van der Waals surface area contributed by atoms with Gasteiger partial charge in [-0.05, 0) is 24.6 Å². The Balaban J connectivity index is 1.99. The molecule has 1 unspecified atom stereocenters. The molecule has 1 amide bonds. The molecule has 0 aromatic carbocycles. The highest BCUT2D eigenvalue weighted by atomic mass is 32.2. The third-order valence-electron chi connectivity index (χ3n) is 4.39. The standard InChI is InChI=1S/C20H26N6O5S2/c1-3-11-25(12-4-2)14-16-6-8-19(32-16)33(30,31)24-17(20(21)27)9-10-22-18-7-5-15(13-23-18)26(28)29/h3-8,13,17,24H,1-2,9-12,14H2,(H2,21,27)(H,22,23). The number of nitrogens with two attached hydrogens (primary N) is 1. The van der Waals surface area contributed by atoms with Gasteiger partial charge in [-0.3, -0.25) is 19.8 Å². The number of thiophene rings is 1. The molecule has 0 saturated carbocycles. The van der Waals surface area contributed by atoms with Gasteiger partial charge in [-0.25, -0.2) is 13.4 Å². The van der Waals surface area contributed by atoms with Crippen LogP contribution < -0.4 is 15.8 Å². The summed E-state index contributed by atoms with van der Waals surface area (Å²) in [5.41, 5.74) is 5.23. The third-order valence-corrected chi connectivity index (χ3v) is 7.43. The van der Waals surface area contributed by atoms with Crippen LogP contribution in [0.2, 0.25) is 0 Å². The molecule has 178 valence electrons. The first-order valence-electron chi connectivity index (χ1n) is 9.85. The van der Waals surface area contributed by atoms with E-state index in [9.17, 15) is 23.3 Å².